The molecule has 2 aromatic rings. The van der Waals surface area contributed by atoms with Crippen molar-refractivity contribution in [3.8, 4) is 5.75 Å². The molecule has 2 aliphatic rings. The second-order valence-corrected chi connectivity index (χ2v) is 7.23. The molecule has 9 nitrogen and oxygen atoms in total. The van der Waals surface area contributed by atoms with Crippen molar-refractivity contribution in [2.75, 3.05) is 74.2 Å². The van der Waals surface area contributed by atoms with Crippen LogP contribution in [0.2, 0.25) is 0 Å². The molecule has 1 N–H and O–H groups in total. The first-order valence-electron chi connectivity index (χ1n) is 10.4. The summed E-state index contributed by atoms with van der Waals surface area (Å²) >= 11 is 0. The lowest BCUT2D eigenvalue weighted by molar-refractivity contribution is 0.122. The molecular weight excluding hydrogens is 384 g/mol. The maximum absolute atomic E-state index is 12.6. The van der Waals surface area contributed by atoms with Crippen molar-refractivity contribution in [1.82, 2.24) is 15.1 Å². The summed E-state index contributed by atoms with van der Waals surface area (Å²) in [5.74, 6) is 1.68. The van der Waals surface area contributed by atoms with E-state index in [-0.39, 0.29) is 6.03 Å². The van der Waals surface area contributed by atoms with Gasteiger partial charge in [-0.25, -0.2) is 4.79 Å². The molecule has 0 saturated carbocycles. The predicted octanol–water partition coefficient (Wildman–Crippen LogP) is 2.07. The first kappa shape index (κ1) is 20.2. The number of piperazine rings is 1. The molecule has 1 aromatic carbocycles. The highest BCUT2D eigenvalue weighted by Crippen LogP contribution is 2.21. The standard InChI is InChI=1S/C21H28N6O3/c1-2-30-19-5-3-17(4-6-19)23-21(28)27-9-7-25(8-10-27)18-15-20(24-22-16-18)26-11-13-29-14-12-26/h3-6,15-16H,2,7-14H2,1H3,(H,23,28). The van der Waals surface area contributed by atoms with Crippen LogP contribution in [0.15, 0.2) is 36.5 Å². The highest BCUT2D eigenvalue weighted by molar-refractivity contribution is 5.89. The number of ether oxygens (including phenoxy) is 2. The highest BCUT2D eigenvalue weighted by atomic mass is 16.5. The molecular formula is C21H28N6O3. The van der Waals surface area contributed by atoms with Crippen molar-refractivity contribution in [3.63, 3.8) is 0 Å². The number of amides is 2. The Labute approximate surface area is 176 Å². The minimum absolute atomic E-state index is 0.0827. The molecule has 0 atom stereocenters. The lowest BCUT2D eigenvalue weighted by atomic mass is 10.2. The molecule has 160 valence electrons. The lowest BCUT2D eigenvalue weighted by Crippen LogP contribution is -2.50. The van der Waals surface area contributed by atoms with Gasteiger partial charge in [0, 0.05) is 51.0 Å². The number of aromatic nitrogens is 2. The number of nitrogens with one attached hydrogen (secondary N) is 1. The summed E-state index contributed by atoms with van der Waals surface area (Å²) in [5.41, 5.74) is 1.80. The summed E-state index contributed by atoms with van der Waals surface area (Å²) in [5, 5.41) is 11.4. The Balaban J connectivity index is 1.30. The summed E-state index contributed by atoms with van der Waals surface area (Å²) in [4.78, 5) is 18.9. The van der Waals surface area contributed by atoms with Gasteiger partial charge in [-0.3, -0.25) is 0 Å². The van der Waals surface area contributed by atoms with E-state index in [0.717, 1.165) is 49.1 Å². The fourth-order valence-electron chi connectivity index (χ4n) is 3.64. The fraction of sp³-hybridized carbons (Fsp3) is 0.476. The topological polar surface area (TPSA) is 83.1 Å². The molecule has 2 amide bonds. The molecule has 0 spiro atoms. The van der Waals surface area contributed by atoms with Gasteiger partial charge in [-0.2, -0.15) is 5.10 Å². The largest absolute Gasteiger partial charge is 0.494 e. The Morgan fingerprint density at radius 3 is 2.50 bits per heavy atom. The van der Waals surface area contributed by atoms with Crippen LogP contribution in [-0.2, 0) is 4.74 Å². The maximum atomic E-state index is 12.6. The van der Waals surface area contributed by atoms with Crippen molar-refractivity contribution >= 4 is 23.2 Å². The van der Waals surface area contributed by atoms with Crippen LogP contribution in [0, 0.1) is 0 Å². The molecule has 0 aliphatic carbocycles. The zero-order valence-corrected chi connectivity index (χ0v) is 17.3. The fourth-order valence-corrected chi connectivity index (χ4v) is 3.64. The molecule has 0 bridgehead atoms. The van der Waals surface area contributed by atoms with Gasteiger partial charge in [0.2, 0.25) is 0 Å². The van der Waals surface area contributed by atoms with Crippen LogP contribution >= 0.6 is 0 Å². The van der Waals surface area contributed by atoms with Gasteiger partial charge in [-0.1, -0.05) is 0 Å². The normalized spacial score (nSPS) is 17.0. The van der Waals surface area contributed by atoms with E-state index in [1.165, 1.54) is 0 Å². The smallest absolute Gasteiger partial charge is 0.321 e. The van der Waals surface area contributed by atoms with Crippen LogP contribution in [-0.4, -0.2) is 80.2 Å². The zero-order valence-electron chi connectivity index (χ0n) is 17.3. The monoisotopic (exact) mass is 412 g/mol. The molecule has 1 aromatic heterocycles. The Morgan fingerprint density at radius 2 is 1.80 bits per heavy atom. The van der Waals surface area contributed by atoms with E-state index in [9.17, 15) is 4.79 Å². The Bertz CT molecular complexity index is 833. The van der Waals surface area contributed by atoms with Crippen molar-refractivity contribution in [3.05, 3.63) is 36.5 Å². The number of hydrogen-bond donors (Lipinski definition) is 1. The van der Waals surface area contributed by atoms with Crippen LogP contribution in [0.3, 0.4) is 0 Å². The first-order chi connectivity index (χ1) is 14.7. The summed E-state index contributed by atoms with van der Waals surface area (Å²) in [7, 11) is 0. The SMILES string of the molecule is CCOc1ccc(NC(=O)N2CCN(c3cnnc(N4CCOCC4)c3)CC2)cc1. The van der Waals surface area contributed by atoms with E-state index in [0.29, 0.717) is 32.9 Å². The highest BCUT2D eigenvalue weighted by Gasteiger charge is 2.22. The number of urea groups is 1. The van der Waals surface area contributed by atoms with Gasteiger partial charge < -0.3 is 29.5 Å². The van der Waals surface area contributed by atoms with Crippen molar-refractivity contribution in [2.24, 2.45) is 0 Å². The maximum Gasteiger partial charge on any atom is 0.321 e. The third-order valence-corrected chi connectivity index (χ3v) is 5.31. The average molecular weight is 412 g/mol. The quantitative estimate of drug-likeness (QED) is 0.805. The van der Waals surface area contributed by atoms with Gasteiger partial charge in [-0.05, 0) is 31.2 Å². The predicted molar refractivity (Wildman–Crippen MR) is 115 cm³/mol. The molecule has 0 unspecified atom stereocenters. The summed E-state index contributed by atoms with van der Waals surface area (Å²) in [6, 6.07) is 9.43. The van der Waals surface area contributed by atoms with Gasteiger partial charge in [-0.15, -0.1) is 5.10 Å². The molecule has 3 heterocycles. The van der Waals surface area contributed by atoms with Crippen LogP contribution < -0.4 is 19.9 Å². The van der Waals surface area contributed by atoms with E-state index in [4.69, 9.17) is 9.47 Å². The van der Waals surface area contributed by atoms with Crippen LogP contribution in [0.5, 0.6) is 5.75 Å². The van der Waals surface area contributed by atoms with Gasteiger partial charge in [0.05, 0.1) is 31.7 Å². The van der Waals surface area contributed by atoms with Gasteiger partial charge >= 0.3 is 6.03 Å². The number of nitrogens with zero attached hydrogens (tertiary/aromatic N) is 5. The first-order valence-corrected chi connectivity index (χ1v) is 10.4. The third-order valence-electron chi connectivity index (χ3n) is 5.31. The second-order valence-electron chi connectivity index (χ2n) is 7.23. The summed E-state index contributed by atoms with van der Waals surface area (Å²) in [6.45, 7) is 8.47. The van der Waals surface area contributed by atoms with Crippen LogP contribution in [0.1, 0.15) is 6.92 Å². The van der Waals surface area contributed by atoms with Crippen molar-refractivity contribution in [2.45, 2.75) is 6.92 Å². The van der Waals surface area contributed by atoms with E-state index in [2.05, 4.69) is 31.4 Å². The Kier molecular flexibility index (Phi) is 6.48. The number of anilines is 3. The molecule has 0 radical (unpaired) electrons. The van der Waals surface area contributed by atoms with Crippen molar-refractivity contribution in [1.29, 1.82) is 0 Å². The molecule has 30 heavy (non-hydrogen) atoms. The Hall–Kier alpha value is -3.07. The number of rotatable bonds is 5. The van der Waals surface area contributed by atoms with Crippen LogP contribution in [0.4, 0.5) is 22.0 Å². The van der Waals surface area contributed by atoms with Gasteiger partial charge in [0.15, 0.2) is 5.82 Å². The molecule has 2 fully saturated rings. The molecule has 2 aliphatic heterocycles. The number of carbonyl (C=O) groups excluding carboxylic acids is 1. The van der Waals surface area contributed by atoms with E-state index in [1.807, 2.05) is 36.1 Å². The third kappa shape index (κ3) is 4.91. The van der Waals surface area contributed by atoms with Gasteiger partial charge in [0.25, 0.3) is 0 Å². The number of benzene rings is 1. The minimum atomic E-state index is -0.0827. The summed E-state index contributed by atoms with van der Waals surface area (Å²) in [6.07, 6.45) is 1.79. The number of hydrogen-bond acceptors (Lipinski definition) is 7. The van der Waals surface area contributed by atoms with E-state index in [1.54, 1.807) is 6.20 Å². The van der Waals surface area contributed by atoms with E-state index < -0.39 is 0 Å². The van der Waals surface area contributed by atoms with Crippen LogP contribution in [0.25, 0.3) is 0 Å². The Morgan fingerprint density at radius 1 is 1.07 bits per heavy atom. The molecule has 4 rings (SSSR count). The average Bonchev–Trinajstić information content (AvgIpc) is 2.81. The van der Waals surface area contributed by atoms with E-state index >= 15 is 0 Å². The second kappa shape index (κ2) is 9.62. The minimum Gasteiger partial charge on any atom is -0.494 e. The zero-order chi connectivity index (χ0) is 20.8. The molecule has 2 saturated heterocycles. The molecule has 9 heteroatoms. The number of morpholine rings is 1. The van der Waals surface area contributed by atoms with Crippen molar-refractivity contribution < 1.29 is 14.3 Å². The number of carbonyl (C=O) groups is 1. The summed E-state index contributed by atoms with van der Waals surface area (Å²) < 4.78 is 10.8. The van der Waals surface area contributed by atoms with Gasteiger partial charge in [0.1, 0.15) is 5.75 Å². The lowest BCUT2D eigenvalue weighted by Gasteiger charge is -2.36.